The van der Waals surface area contributed by atoms with Gasteiger partial charge in [-0.2, -0.15) is 0 Å². The molecule has 3 N–H and O–H groups in total. The van der Waals surface area contributed by atoms with Gasteiger partial charge in [0, 0.05) is 49.4 Å². The molecule has 0 saturated carbocycles. The third-order valence-electron chi connectivity index (χ3n) is 7.52. The highest BCUT2D eigenvalue weighted by Gasteiger charge is 2.52. The van der Waals surface area contributed by atoms with E-state index in [0.717, 1.165) is 6.20 Å². The van der Waals surface area contributed by atoms with Gasteiger partial charge in [-0.3, -0.25) is 19.2 Å². The van der Waals surface area contributed by atoms with Crippen molar-refractivity contribution in [3.05, 3.63) is 62.8 Å². The summed E-state index contributed by atoms with van der Waals surface area (Å²) in [4.78, 5) is 52.8. The fourth-order valence-corrected chi connectivity index (χ4v) is 5.52. The van der Waals surface area contributed by atoms with Crippen molar-refractivity contribution in [2.45, 2.75) is 56.8 Å². The molecular weight excluding hydrogens is 481 g/mol. The zero-order valence-corrected chi connectivity index (χ0v) is 19.2. The molecule has 1 spiro atoms. The normalized spacial score (nSPS) is 24.9. The average molecular weight is 504 g/mol. The molecule has 9 nitrogen and oxygen atoms in total. The maximum atomic E-state index is 14.0. The van der Waals surface area contributed by atoms with Crippen molar-refractivity contribution >= 4 is 17.7 Å². The van der Waals surface area contributed by atoms with E-state index in [1.807, 2.05) is 6.92 Å². The maximum Gasteiger partial charge on any atom is 0.274 e. The molecule has 12 heteroatoms. The molecule has 0 aliphatic carbocycles. The maximum absolute atomic E-state index is 14.0. The number of carbonyl (C=O) groups is 3. The van der Waals surface area contributed by atoms with Gasteiger partial charge in [0.05, 0.1) is 11.6 Å². The molecule has 2 bridgehead atoms. The Kier molecular flexibility index (Phi) is 5.56. The lowest BCUT2D eigenvalue weighted by molar-refractivity contribution is -0.120. The highest BCUT2D eigenvalue weighted by molar-refractivity contribution is 5.99. The molecule has 2 fully saturated rings. The van der Waals surface area contributed by atoms with Gasteiger partial charge < -0.3 is 25.2 Å². The van der Waals surface area contributed by atoms with Crippen LogP contribution in [0.2, 0.25) is 0 Å². The van der Waals surface area contributed by atoms with Crippen LogP contribution in [0.5, 0.6) is 5.75 Å². The second-order valence-electron chi connectivity index (χ2n) is 9.57. The number of hydrogen-bond donors (Lipinski definition) is 3. The van der Waals surface area contributed by atoms with Gasteiger partial charge in [0.15, 0.2) is 11.4 Å². The molecular formula is C24H23F3N4O5. The van der Waals surface area contributed by atoms with Crippen LogP contribution in [0.4, 0.5) is 13.2 Å². The Morgan fingerprint density at radius 1 is 1.19 bits per heavy atom. The summed E-state index contributed by atoms with van der Waals surface area (Å²) in [6.07, 6.45) is 3.03. The van der Waals surface area contributed by atoms with Crippen molar-refractivity contribution in [1.82, 2.24) is 20.1 Å². The molecule has 1 aromatic heterocycles. The summed E-state index contributed by atoms with van der Waals surface area (Å²) >= 11 is 0. The van der Waals surface area contributed by atoms with E-state index in [2.05, 4.69) is 10.6 Å². The van der Waals surface area contributed by atoms with Gasteiger partial charge in [-0.1, -0.05) is 0 Å². The third kappa shape index (κ3) is 3.62. The van der Waals surface area contributed by atoms with Crippen LogP contribution in [0.25, 0.3) is 0 Å². The van der Waals surface area contributed by atoms with Crippen LogP contribution >= 0.6 is 0 Å². The quantitative estimate of drug-likeness (QED) is 0.588. The number of aromatic hydroxyl groups is 1. The number of rotatable bonds is 3. The first-order valence-corrected chi connectivity index (χ1v) is 11.5. The van der Waals surface area contributed by atoms with Crippen LogP contribution in [-0.2, 0) is 11.3 Å². The number of nitrogens with zero attached hydrogens (tertiary/aromatic N) is 2. The first kappa shape index (κ1) is 23.9. The van der Waals surface area contributed by atoms with E-state index in [4.69, 9.17) is 0 Å². The Labute approximate surface area is 202 Å². The van der Waals surface area contributed by atoms with Crippen LogP contribution in [0.3, 0.4) is 0 Å². The van der Waals surface area contributed by atoms with Gasteiger partial charge in [-0.05, 0) is 26.2 Å². The minimum Gasteiger partial charge on any atom is -0.503 e. The van der Waals surface area contributed by atoms with Crippen molar-refractivity contribution in [3.8, 4) is 5.75 Å². The van der Waals surface area contributed by atoms with E-state index < -0.39 is 69.7 Å². The Bertz CT molecular complexity index is 1350. The van der Waals surface area contributed by atoms with Crippen LogP contribution < -0.4 is 16.1 Å². The highest BCUT2D eigenvalue weighted by Crippen LogP contribution is 2.44. The Morgan fingerprint density at radius 2 is 1.89 bits per heavy atom. The van der Waals surface area contributed by atoms with Gasteiger partial charge in [-0.25, -0.2) is 13.2 Å². The summed E-state index contributed by atoms with van der Waals surface area (Å²) in [5.74, 6) is -6.24. The lowest BCUT2D eigenvalue weighted by Gasteiger charge is -2.43. The van der Waals surface area contributed by atoms with Crippen molar-refractivity contribution in [3.63, 3.8) is 0 Å². The number of aromatic nitrogens is 1. The molecule has 2 aromatic rings. The van der Waals surface area contributed by atoms with E-state index in [-0.39, 0.29) is 30.6 Å². The van der Waals surface area contributed by atoms with Gasteiger partial charge in [0.2, 0.25) is 11.3 Å². The molecule has 190 valence electrons. The molecule has 3 aliphatic rings. The fourth-order valence-electron chi connectivity index (χ4n) is 5.52. The summed E-state index contributed by atoms with van der Waals surface area (Å²) in [5, 5.41) is 16.0. The Balaban J connectivity index is 1.55. The summed E-state index contributed by atoms with van der Waals surface area (Å²) in [6, 6.07) is 0.156. The molecule has 3 amide bonds. The first-order valence-electron chi connectivity index (χ1n) is 11.5. The number of amides is 3. The predicted octanol–water partition coefficient (Wildman–Crippen LogP) is 1.73. The molecule has 1 aromatic carbocycles. The molecule has 2 unspecified atom stereocenters. The standard InChI is InChI=1S/C24H23F3N4O5/c1-11-2-4-24(5-3-18(32)29-24)17-10-30(11)23(36)19-21(34)20(33)14(9-31(17)19)22(35)28-8-13-15(26)6-12(25)7-16(13)27/h6-7,9,11,17,34H,2-5,8,10H2,1H3,(H,28,35)(H,29,32)/t11?,17?,24-/m0/s1. The number of halogens is 3. The molecule has 36 heavy (non-hydrogen) atoms. The number of pyridine rings is 1. The molecule has 3 atom stereocenters. The second kappa shape index (κ2) is 8.38. The van der Waals surface area contributed by atoms with E-state index in [9.17, 15) is 37.5 Å². The smallest absolute Gasteiger partial charge is 0.274 e. The van der Waals surface area contributed by atoms with Crippen LogP contribution in [0.1, 0.15) is 65.1 Å². The van der Waals surface area contributed by atoms with E-state index >= 15 is 0 Å². The second-order valence-corrected chi connectivity index (χ2v) is 9.57. The van der Waals surface area contributed by atoms with Crippen molar-refractivity contribution in [2.24, 2.45) is 0 Å². The number of benzene rings is 1. The van der Waals surface area contributed by atoms with E-state index in [0.29, 0.717) is 31.4 Å². The third-order valence-corrected chi connectivity index (χ3v) is 7.52. The molecule has 5 rings (SSSR count). The number of carbonyl (C=O) groups excluding carboxylic acids is 3. The van der Waals surface area contributed by atoms with Crippen LogP contribution in [0.15, 0.2) is 23.1 Å². The SMILES string of the molecule is CC1CC[C@]2(CCC(=O)N2)C2CN1C(=O)c1c(O)c(=O)c(C(=O)NCc3c(F)cc(F)cc3F)cn12. The zero-order valence-electron chi connectivity index (χ0n) is 19.2. The predicted molar refractivity (Wildman–Crippen MR) is 119 cm³/mol. The van der Waals surface area contributed by atoms with E-state index in [1.165, 1.54) is 4.57 Å². The zero-order chi connectivity index (χ0) is 25.9. The van der Waals surface area contributed by atoms with Gasteiger partial charge in [-0.15, -0.1) is 0 Å². The van der Waals surface area contributed by atoms with Crippen LogP contribution in [0, 0.1) is 17.5 Å². The lowest BCUT2D eigenvalue weighted by atomic mass is 9.83. The molecule has 3 aliphatic heterocycles. The lowest BCUT2D eigenvalue weighted by Crippen LogP contribution is -2.55. The van der Waals surface area contributed by atoms with Crippen LogP contribution in [-0.4, -0.2) is 50.4 Å². The largest absolute Gasteiger partial charge is 0.503 e. The number of fused-ring (bicyclic) bond motifs is 5. The van der Waals surface area contributed by atoms with Crippen molar-refractivity contribution < 1.29 is 32.7 Å². The Morgan fingerprint density at radius 3 is 2.53 bits per heavy atom. The number of hydrogen-bond acceptors (Lipinski definition) is 5. The monoisotopic (exact) mass is 504 g/mol. The minimum absolute atomic E-state index is 0.152. The fraction of sp³-hybridized carbons (Fsp3) is 0.417. The molecule has 0 radical (unpaired) electrons. The summed E-state index contributed by atoms with van der Waals surface area (Å²) in [6.45, 7) is 1.36. The molecule has 4 heterocycles. The van der Waals surface area contributed by atoms with Gasteiger partial charge in [0.1, 0.15) is 23.0 Å². The van der Waals surface area contributed by atoms with E-state index in [1.54, 1.807) is 4.90 Å². The summed E-state index contributed by atoms with van der Waals surface area (Å²) in [7, 11) is 0. The minimum atomic E-state index is -1.21. The Hall–Kier alpha value is -3.83. The highest BCUT2D eigenvalue weighted by atomic mass is 19.1. The molecule has 2 saturated heterocycles. The summed E-state index contributed by atoms with van der Waals surface area (Å²) < 4.78 is 42.5. The topological polar surface area (TPSA) is 121 Å². The first-order chi connectivity index (χ1) is 17.0. The van der Waals surface area contributed by atoms with Crippen molar-refractivity contribution in [2.75, 3.05) is 6.54 Å². The van der Waals surface area contributed by atoms with Gasteiger partial charge >= 0.3 is 0 Å². The number of nitrogens with one attached hydrogen (secondary N) is 2. The van der Waals surface area contributed by atoms with Crippen molar-refractivity contribution in [1.29, 1.82) is 0 Å². The van der Waals surface area contributed by atoms with Gasteiger partial charge in [0.25, 0.3) is 11.8 Å². The average Bonchev–Trinajstić information content (AvgIpc) is 3.14. The summed E-state index contributed by atoms with van der Waals surface area (Å²) in [5.41, 5.74) is -3.30.